The van der Waals surface area contributed by atoms with Crippen LogP contribution in [0, 0.1) is 5.82 Å². The van der Waals surface area contributed by atoms with Crippen LogP contribution < -0.4 is 5.32 Å². The number of nitrogens with zero attached hydrogens (tertiary/aromatic N) is 1. The number of nitrogens with one attached hydrogen (secondary N) is 1. The number of anilines is 2. The Morgan fingerprint density at radius 2 is 2.24 bits per heavy atom. The zero-order chi connectivity index (χ0) is 12.4. The van der Waals surface area contributed by atoms with Crippen LogP contribution in [0.2, 0.25) is 5.02 Å². The largest absolute Gasteiger partial charge is 0.476 e. The maximum absolute atomic E-state index is 13.0. The Balaban J connectivity index is 2.22. The van der Waals surface area contributed by atoms with Gasteiger partial charge in [-0.3, -0.25) is 0 Å². The Hall–Kier alpha value is -2.08. The van der Waals surface area contributed by atoms with E-state index in [9.17, 15) is 9.18 Å². The Kier molecular flexibility index (Phi) is 2.97. The maximum Gasteiger partial charge on any atom is 0.357 e. The number of halogens is 2. The number of rotatable bonds is 3. The van der Waals surface area contributed by atoms with Crippen LogP contribution in [-0.4, -0.2) is 16.1 Å². The van der Waals surface area contributed by atoms with Gasteiger partial charge in [0.15, 0.2) is 5.69 Å². The van der Waals surface area contributed by atoms with Gasteiger partial charge in [0, 0.05) is 10.7 Å². The topological polar surface area (TPSA) is 75.4 Å². The third kappa shape index (κ3) is 2.73. The van der Waals surface area contributed by atoms with Gasteiger partial charge in [0.2, 0.25) is 0 Å². The summed E-state index contributed by atoms with van der Waals surface area (Å²) < 4.78 is 17.8. The highest BCUT2D eigenvalue weighted by molar-refractivity contribution is 6.30. The zero-order valence-electron chi connectivity index (χ0n) is 8.28. The first-order chi connectivity index (χ1) is 8.04. The maximum atomic E-state index is 13.0. The van der Waals surface area contributed by atoms with Gasteiger partial charge < -0.3 is 14.8 Å². The molecule has 0 amide bonds. The van der Waals surface area contributed by atoms with Gasteiger partial charge in [0.05, 0.1) is 0 Å². The first-order valence-corrected chi connectivity index (χ1v) is 4.84. The molecule has 17 heavy (non-hydrogen) atoms. The van der Waals surface area contributed by atoms with Crippen molar-refractivity contribution >= 4 is 29.3 Å². The van der Waals surface area contributed by atoms with Crippen LogP contribution in [0.3, 0.4) is 0 Å². The van der Waals surface area contributed by atoms with Crippen LogP contribution >= 0.6 is 11.6 Å². The molecular formula is C10H6ClFN2O3. The average molecular weight is 257 g/mol. The molecule has 0 saturated carbocycles. The molecular weight excluding hydrogens is 251 g/mol. The van der Waals surface area contributed by atoms with Gasteiger partial charge in [-0.25, -0.2) is 9.18 Å². The first-order valence-electron chi connectivity index (χ1n) is 4.46. The summed E-state index contributed by atoms with van der Waals surface area (Å²) in [6.45, 7) is 0. The van der Waals surface area contributed by atoms with Crippen molar-refractivity contribution in [1.82, 2.24) is 4.98 Å². The number of hydrogen-bond donors (Lipinski definition) is 2. The van der Waals surface area contributed by atoms with Gasteiger partial charge in [0.25, 0.3) is 6.01 Å². The van der Waals surface area contributed by atoms with Crippen LogP contribution in [0.4, 0.5) is 16.1 Å². The minimum atomic E-state index is -1.21. The molecule has 1 aromatic heterocycles. The van der Waals surface area contributed by atoms with Crippen molar-refractivity contribution in [3.63, 3.8) is 0 Å². The van der Waals surface area contributed by atoms with Crippen molar-refractivity contribution < 1.29 is 18.7 Å². The van der Waals surface area contributed by atoms with Gasteiger partial charge in [0.1, 0.15) is 12.1 Å². The molecule has 0 bridgehead atoms. The molecule has 88 valence electrons. The van der Waals surface area contributed by atoms with Crippen molar-refractivity contribution in [2.24, 2.45) is 0 Å². The Labute approximate surface area is 99.8 Å². The SMILES string of the molecule is O=C(O)c1coc(Nc2cc(F)cc(Cl)c2)n1. The van der Waals surface area contributed by atoms with E-state index < -0.39 is 11.8 Å². The van der Waals surface area contributed by atoms with E-state index in [1.807, 2.05) is 0 Å². The standard InChI is InChI=1S/C10H6ClFN2O3/c11-5-1-6(12)3-7(2-5)13-10-14-8(4-17-10)9(15)16/h1-4H,(H,13,14)(H,15,16). The lowest BCUT2D eigenvalue weighted by molar-refractivity contribution is 0.0690. The number of oxazole rings is 1. The predicted molar refractivity (Wildman–Crippen MR) is 58.2 cm³/mol. The molecule has 0 saturated heterocycles. The van der Waals surface area contributed by atoms with Crippen molar-refractivity contribution in [2.45, 2.75) is 0 Å². The summed E-state index contributed by atoms with van der Waals surface area (Å²) in [5.74, 6) is -1.73. The quantitative estimate of drug-likeness (QED) is 0.883. The fourth-order valence-corrected chi connectivity index (χ4v) is 1.40. The van der Waals surface area contributed by atoms with E-state index in [0.717, 1.165) is 12.3 Å². The highest BCUT2D eigenvalue weighted by Crippen LogP contribution is 2.21. The number of hydrogen-bond acceptors (Lipinski definition) is 4. The monoisotopic (exact) mass is 256 g/mol. The lowest BCUT2D eigenvalue weighted by Crippen LogP contribution is -1.97. The molecule has 5 nitrogen and oxygen atoms in total. The molecule has 1 heterocycles. The van der Waals surface area contributed by atoms with Gasteiger partial charge in [-0.2, -0.15) is 4.98 Å². The number of carbonyl (C=O) groups is 1. The smallest absolute Gasteiger partial charge is 0.357 e. The predicted octanol–water partition coefficient (Wildman–Crippen LogP) is 2.91. The van der Waals surface area contributed by atoms with Crippen LogP contribution in [0.1, 0.15) is 10.5 Å². The number of carboxylic acids is 1. The zero-order valence-corrected chi connectivity index (χ0v) is 9.03. The van der Waals surface area contributed by atoms with E-state index in [4.69, 9.17) is 21.1 Å². The molecule has 0 aliphatic rings. The minimum Gasteiger partial charge on any atom is -0.476 e. The second kappa shape index (κ2) is 4.42. The molecule has 0 spiro atoms. The average Bonchev–Trinajstić information content (AvgIpc) is 2.64. The summed E-state index contributed by atoms with van der Waals surface area (Å²) >= 11 is 5.65. The van der Waals surface area contributed by atoms with Gasteiger partial charge in [-0.1, -0.05) is 11.6 Å². The number of aromatic carboxylic acids is 1. The minimum absolute atomic E-state index is 0.0518. The summed E-state index contributed by atoms with van der Waals surface area (Å²) in [7, 11) is 0. The van der Waals surface area contributed by atoms with E-state index in [2.05, 4.69) is 10.3 Å². The van der Waals surface area contributed by atoms with Crippen LogP contribution in [0.15, 0.2) is 28.9 Å². The second-order valence-electron chi connectivity index (χ2n) is 3.13. The molecule has 2 aromatic rings. The summed E-state index contributed by atoms with van der Waals surface area (Å²) in [6, 6.07) is 3.72. The molecule has 1 aromatic carbocycles. The first kappa shape index (κ1) is 11.4. The molecule has 0 aliphatic carbocycles. The molecule has 0 unspecified atom stereocenters. The summed E-state index contributed by atoms with van der Waals surface area (Å²) in [5, 5.41) is 11.4. The van der Waals surface area contributed by atoms with Gasteiger partial charge in [-0.15, -0.1) is 0 Å². The molecule has 7 heteroatoms. The van der Waals surface area contributed by atoms with Crippen molar-refractivity contribution in [1.29, 1.82) is 0 Å². The van der Waals surface area contributed by atoms with Crippen molar-refractivity contribution in [3.05, 3.63) is 41.0 Å². The molecule has 0 aliphatic heterocycles. The molecule has 0 atom stereocenters. The van der Waals surface area contributed by atoms with Gasteiger partial charge in [-0.05, 0) is 18.2 Å². The van der Waals surface area contributed by atoms with Crippen LogP contribution in [-0.2, 0) is 0 Å². The lowest BCUT2D eigenvalue weighted by Gasteiger charge is -2.01. The summed E-state index contributed by atoms with van der Waals surface area (Å²) in [5.41, 5.74) is 0.0730. The Bertz CT molecular complexity index is 550. The fourth-order valence-electron chi connectivity index (χ4n) is 1.18. The van der Waals surface area contributed by atoms with Crippen molar-refractivity contribution in [3.8, 4) is 0 Å². The summed E-state index contributed by atoms with van der Waals surface area (Å²) in [6.07, 6.45) is 0.978. The van der Waals surface area contributed by atoms with Crippen molar-refractivity contribution in [2.75, 3.05) is 5.32 Å². The highest BCUT2D eigenvalue weighted by Gasteiger charge is 2.10. The van der Waals surface area contributed by atoms with Crippen LogP contribution in [0.25, 0.3) is 0 Å². The molecule has 2 rings (SSSR count). The molecule has 2 N–H and O–H groups in total. The van der Waals surface area contributed by atoms with E-state index in [0.29, 0.717) is 5.69 Å². The Morgan fingerprint density at radius 3 is 2.82 bits per heavy atom. The number of carboxylic acid groups (broad SMARTS) is 1. The number of aromatic nitrogens is 1. The molecule has 0 radical (unpaired) electrons. The van der Waals surface area contributed by atoms with Crippen LogP contribution in [0.5, 0.6) is 0 Å². The number of benzene rings is 1. The lowest BCUT2D eigenvalue weighted by atomic mass is 10.3. The van der Waals surface area contributed by atoms with E-state index >= 15 is 0 Å². The Morgan fingerprint density at radius 1 is 1.47 bits per heavy atom. The van der Waals surface area contributed by atoms with E-state index in [1.54, 1.807) is 0 Å². The van der Waals surface area contributed by atoms with E-state index in [1.165, 1.54) is 12.1 Å². The summed E-state index contributed by atoms with van der Waals surface area (Å²) in [4.78, 5) is 14.2. The second-order valence-corrected chi connectivity index (χ2v) is 3.56. The van der Waals surface area contributed by atoms with Gasteiger partial charge >= 0.3 is 5.97 Å². The van der Waals surface area contributed by atoms with E-state index in [-0.39, 0.29) is 16.7 Å². The fraction of sp³-hybridized carbons (Fsp3) is 0. The highest BCUT2D eigenvalue weighted by atomic mass is 35.5. The normalized spacial score (nSPS) is 10.2. The third-order valence-corrected chi connectivity index (χ3v) is 2.06. The third-order valence-electron chi connectivity index (χ3n) is 1.84. The molecule has 0 fully saturated rings.